The fourth-order valence-electron chi connectivity index (χ4n) is 1.71. The molecule has 3 rings (SSSR count). The third kappa shape index (κ3) is 1.80. The standard InChI is InChI=1S/C13H7F2NS/c14-11-4-9-3-10(8-1-2-17-7-8)6-16-13(9)5-12(11)15/h1-7H. The summed E-state index contributed by atoms with van der Waals surface area (Å²) >= 11 is 1.58. The molecule has 84 valence electrons. The maximum absolute atomic E-state index is 13.1. The fraction of sp³-hybridized carbons (Fsp3) is 0. The average Bonchev–Trinajstić information content (AvgIpc) is 2.83. The van der Waals surface area contributed by atoms with Crippen LogP contribution < -0.4 is 0 Å². The summed E-state index contributed by atoms with van der Waals surface area (Å²) in [5.74, 6) is -1.71. The molecule has 17 heavy (non-hydrogen) atoms. The third-order valence-corrected chi connectivity index (χ3v) is 3.26. The number of pyridine rings is 1. The predicted molar refractivity (Wildman–Crippen MR) is 65.0 cm³/mol. The summed E-state index contributed by atoms with van der Waals surface area (Å²) in [5.41, 5.74) is 2.40. The van der Waals surface area contributed by atoms with Gasteiger partial charge in [-0.2, -0.15) is 11.3 Å². The Kier molecular flexibility index (Phi) is 2.37. The van der Waals surface area contributed by atoms with Crippen molar-refractivity contribution < 1.29 is 8.78 Å². The van der Waals surface area contributed by atoms with Gasteiger partial charge in [0, 0.05) is 23.2 Å². The highest BCUT2D eigenvalue weighted by Crippen LogP contribution is 2.25. The molecule has 1 aromatic carbocycles. The van der Waals surface area contributed by atoms with Crippen molar-refractivity contribution in [3.8, 4) is 11.1 Å². The molecule has 2 aromatic heterocycles. The fourth-order valence-corrected chi connectivity index (χ4v) is 2.37. The van der Waals surface area contributed by atoms with E-state index in [1.165, 1.54) is 6.07 Å². The maximum Gasteiger partial charge on any atom is 0.161 e. The van der Waals surface area contributed by atoms with Crippen molar-refractivity contribution in [1.29, 1.82) is 0 Å². The van der Waals surface area contributed by atoms with Gasteiger partial charge in [0.15, 0.2) is 11.6 Å². The number of fused-ring (bicyclic) bond motifs is 1. The van der Waals surface area contributed by atoms with E-state index in [0.717, 1.165) is 17.2 Å². The Balaban J connectivity index is 2.22. The number of halogens is 2. The average molecular weight is 247 g/mol. The first-order chi connectivity index (χ1) is 8.24. The molecular weight excluding hydrogens is 240 g/mol. The van der Waals surface area contributed by atoms with Crippen LogP contribution in [0.5, 0.6) is 0 Å². The second-order valence-electron chi connectivity index (χ2n) is 3.70. The summed E-state index contributed by atoms with van der Waals surface area (Å²) in [5, 5.41) is 4.56. The normalized spacial score (nSPS) is 10.9. The zero-order chi connectivity index (χ0) is 11.8. The quantitative estimate of drug-likeness (QED) is 0.626. The minimum absolute atomic E-state index is 0.461. The highest BCUT2D eigenvalue weighted by Gasteiger charge is 2.06. The first kappa shape index (κ1) is 10.4. The van der Waals surface area contributed by atoms with Crippen molar-refractivity contribution in [3.05, 3.63) is 52.9 Å². The van der Waals surface area contributed by atoms with Gasteiger partial charge in [-0.15, -0.1) is 0 Å². The third-order valence-electron chi connectivity index (χ3n) is 2.58. The number of nitrogens with zero attached hydrogens (tertiary/aromatic N) is 1. The molecule has 0 spiro atoms. The molecule has 0 N–H and O–H groups in total. The molecule has 0 bridgehead atoms. The van der Waals surface area contributed by atoms with Crippen molar-refractivity contribution in [3.63, 3.8) is 0 Å². The van der Waals surface area contributed by atoms with E-state index >= 15 is 0 Å². The van der Waals surface area contributed by atoms with Crippen LogP contribution in [0.1, 0.15) is 0 Å². The molecule has 0 fully saturated rings. The maximum atomic E-state index is 13.1. The largest absolute Gasteiger partial charge is 0.256 e. The number of thiophene rings is 1. The van der Waals surface area contributed by atoms with Crippen LogP contribution in [0, 0.1) is 11.6 Å². The summed E-state index contributed by atoms with van der Waals surface area (Å²) in [6, 6.07) is 6.07. The van der Waals surface area contributed by atoms with Gasteiger partial charge in [0.1, 0.15) is 0 Å². The van der Waals surface area contributed by atoms with Gasteiger partial charge >= 0.3 is 0 Å². The summed E-state index contributed by atoms with van der Waals surface area (Å²) in [6.45, 7) is 0. The van der Waals surface area contributed by atoms with Crippen molar-refractivity contribution in [2.24, 2.45) is 0 Å². The van der Waals surface area contributed by atoms with Crippen LogP contribution in [0.3, 0.4) is 0 Å². The molecule has 0 aliphatic heterocycles. The smallest absolute Gasteiger partial charge is 0.161 e. The minimum atomic E-state index is -0.867. The molecule has 1 nitrogen and oxygen atoms in total. The Morgan fingerprint density at radius 2 is 1.82 bits per heavy atom. The first-order valence-electron chi connectivity index (χ1n) is 5.01. The lowest BCUT2D eigenvalue weighted by Crippen LogP contribution is -1.87. The van der Waals surface area contributed by atoms with Crippen LogP contribution in [0.15, 0.2) is 41.2 Å². The lowest BCUT2D eigenvalue weighted by atomic mass is 10.1. The van der Waals surface area contributed by atoms with Crippen LogP contribution >= 0.6 is 11.3 Å². The summed E-state index contributed by atoms with van der Waals surface area (Å²) in [6.07, 6.45) is 1.67. The number of rotatable bonds is 1. The zero-order valence-corrected chi connectivity index (χ0v) is 9.47. The van der Waals surface area contributed by atoms with Gasteiger partial charge in [-0.25, -0.2) is 8.78 Å². The van der Waals surface area contributed by atoms with E-state index < -0.39 is 11.6 Å². The summed E-state index contributed by atoms with van der Waals surface area (Å²) in [4.78, 5) is 4.14. The SMILES string of the molecule is Fc1cc2cc(-c3ccsc3)cnc2cc1F. The lowest BCUT2D eigenvalue weighted by molar-refractivity contribution is 0.510. The van der Waals surface area contributed by atoms with Crippen molar-refractivity contribution in [1.82, 2.24) is 4.98 Å². The Labute approximate surface area is 100 Å². The lowest BCUT2D eigenvalue weighted by Gasteiger charge is -2.02. The van der Waals surface area contributed by atoms with Gasteiger partial charge in [0.2, 0.25) is 0 Å². The van der Waals surface area contributed by atoms with E-state index in [9.17, 15) is 8.78 Å². The molecule has 4 heteroatoms. The van der Waals surface area contributed by atoms with E-state index in [-0.39, 0.29) is 0 Å². The molecule has 0 atom stereocenters. The van der Waals surface area contributed by atoms with Crippen molar-refractivity contribution in [2.45, 2.75) is 0 Å². The molecule has 0 radical (unpaired) electrons. The first-order valence-corrected chi connectivity index (χ1v) is 5.96. The van der Waals surface area contributed by atoms with Crippen LogP contribution in [-0.2, 0) is 0 Å². The molecule has 0 saturated heterocycles. The van der Waals surface area contributed by atoms with Crippen molar-refractivity contribution >= 4 is 22.2 Å². The van der Waals surface area contributed by atoms with E-state index in [1.54, 1.807) is 17.5 Å². The van der Waals surface area contributed by atoms with Gasteiger partial charge in [0.25, 0.3) is 0 Å². The van der Waals surface area contributed by atoms with E-state index in [4.69, 9.17) is 0 Å². The van der Waals surface area contributed by atoms with Crippen molar-refractivity contribution in [2.75, 3.05) is 0 Å². The number of aromatic nitrogens is 1. The van der Waals surface area contributed by atoms with Crippen LogP contribution in [0.25, 0.3) is 22.0 Å². The van der Waals surface area contributed by atoms with Gasteiger partial charge in [-0.1, -0.05) is 0 Å². The van der Waals surface area contributed by atoms with Crippen LogP contribution in [0.4, 0.5) is 8.78 Å². The Hall–Kier alpha value is -1.81. The Morgan fingerprint density at radius 1 is 1.00 bits per heavy atom. The van der Waals surface area contributed by atoms with Crippen LogP contribution in [0.2, 0.25) is 0 Å². The number of benzene rings is 1. The van der Waals surface area contributed by atoms with Gasteiger partial charge in [-0.05, 0) is 34.5 Å². The second kappa shape index (κ2) is 3.89. The predicted octanol–water partition coefficient (Wildman–Crippen LogP) is 4.24. The monoisotopic (exact) mass is 247 g/mol. The van der Waals surface area contributed by atoms with Gasteiger partial charge in [-0.3, -0.25) is 4.98 Å². The van der Waals surface area contributed by atoms with Crippen LogP contribution in [-0.4, -0.2) is 4.98 Å². The summed E-state index contributed by atoms with van der Waals surface area (Å²) in [7, 11) is 0. The minimum Gasteiger partial charge on any atom is -0.256 e. The topological polar surface area (TPSA) is 12.9 Å². The van der Waals surface area contributed by atoms with E-state index in [0.29, 0.717) is 10.9 Å². The molecule has 0 unspecified atom stereocenters. The highest BCUT2D eigenvalue weighted by molar-refractivity contribution is 7.08. The molecule has 3 aromatic rings. The zero-order valence-electron chi connectivity index (χ0n) is 8.65. The number of hydrogen-bond acceptors (Lipinski definition) is 2. The summed E-state index contributed by atoms with van der Waals surface area (Å²) < 4.78 is 26.1. The second-order valence-corrected chi connectivity index (χ2v) is 4.48. The molecule has 0 amide bonds. The van der Waals surface area contributed by atoms with E-state index in [1.807, 2.05) is 22.9 Å². The molecular formula is C13H7F2NS. The molecule has 0 aliphatic carbocycles. The Bertz CT molecular complexity index is 677. The molecule has 2 heterocycles. The number of hydrogen-bond donors (Lipinski definition) is 0. The van der Waals surface area contributed by atoms with E-state index in [2.05, 4.69) is 4.98 Å². The van der Waals surface area contributed by atoms with Gasteiger partial charge in [0.05, 0.1) is 5.52 Å². The molecule has 0 aliphatic rings. The molecule has 0 saturated carbocycles. The Morgan fingerprint density at radius 3 is 2.59 bits per heavy atom. The van der Waals surface area contributed by atoms with Gasteiger partial charge < -0.3 is 0 Å². The highest BCUT2D eigenvalue weighted by atomic mass is 32.1.